The quantitative estimate of drug-likeness (QED) is 0.185. The van der Waals surface area contributed by atoms with Crippen LogP contribution in [-0.2, 0) is 5.41 Å². The third-order valence-electron chi connectivity index (χ3n) is 9.61. The first kappa shape index (κ1) is 28.7. The van der Waals surface area contributed by atoms with Crippen LogP contribution < -0.4 is 0 Å². The number of fused-ring (bicyclic) bond motifs is 3. The van der Waals surface area contributed by atoms with E-state index in [4.69, 9.17) is 15.0 Å². The average Bonchev–Trinajstić information content (AvgIpc) is 3.50. The molecule has 8 aromatic rings. The Labute approximate surface area is 286 Å². The van der Waals surface area contributed by atoms with E-state index in [0.717, 1.165) is 27.8 Å². The lowest BCUT2D eigenvalue weighted by Crippen LogP contribution is -2.28. The summed E-state index contributed by atoms with van der Waals surface area (Å²) in [6, 6.07) is 66.3. The summed E-state index contributed by atoms with van der Waals surface area (Å²) in [7, 11) is 0. The van der Waals surface area contributed by atoms with Crippen LogP contribution in [0.4, 0.5) is 0 Å². The topological polar surface area (TPSA) is 38.7 Å². The molecule has 0 saturated heterocycles. The highest BCUT2D eigenvalue weighted by Gasteiger charge is 2.45. The van der Waals surface area contributed by atoms with E-state index in [1.54, 1.807) is 0 Å². The van der Waals surface area contributed by atoms with Crippen molar-refractivity contribution in [1.29, 1.82) is 0 Å². The molecule has 1 aromatic heterocycles. The molecular weight excluding hydrogens is 595 g/mol. The average molecular weight is 626 g/mol. The van der Waals surface area contributed by atoms with Crippen molar-refractivity contribution in [1.82, 2.24) is 15.0 Å². The van der Waals surface area contributed by atoms with Crippen molar-refractivity contribution >= 4 is 0 Å². The summed E-state index contributed by atoms with van der Waals surface area (Å²) >= 11 is 0. The molecule has 0 fully saturated rings. The summed E-state index contributed by atoms with van der Waals surface area (Å²) in [5, 5.41) is 0. The van der Waals surface area contributed by atoms with Crippen LogP contribution >= 0.6 is 0 Å². The zero-order valence-corrected chi connectivity index (χ0v) is 26.7. The van der Waals surface area contributed by atoms with Crippen molar-refractivity contribution in [2.75, 3.05) is 0 Å². The van der Waals surface area contributed by atoms with Gasteiger partial charge in [0.2, 0.25) is 0 Å². The molecular formula is C46H31N3. The Morgan fingerprint density at radius 3 is 1.31 bits per heavy atom. The molecule has 0 unspecified atom stereocenters. The largest absolute Gasteiger partial charge is 0.208 e. The number of hydrogen-bond acceptors (Lipinski definition) is 3. The number of hydrogen-bond donors (Lipinski definition) is 0. The normalized spacial score (nSPS) is 12.7. The SMILES string of the molecule is c1ccc(-c2cccc(-c3nc(-c4ccccc4)nc(-c4cccc(C5(c6ccccc6)c6ccccc6-c6ccccc65)c4)n3)c2)cc1. The lowest BCUT2D eigenvalue weighted by molar-refractivity contribution is 0.768. The van der Waals surface area contributed by atoms with E-state index in [1.807, 2.05) is 24.3 Å². The van der Waals surface area contributed by atoms with Gasteiger partial charge in [-0.3, -0.25) is 0 Å². The van der Waals surface area contributed by atoms with Crippen LogP contribution in [0, 0.1) is 0 Å². The summed E-state index contributed by atoms with van der Waals surface area (Å²) in [5.74, 6) is 1.92. The molecule has 1 aliphatic rings. The van der Waals surface area contributed by atoms with Crippen LogP contribution in [0.5, 0.6) is 0 Å². The minimum Gasteiger partial charge on any atom is -0.208 e. The molecule has 0 atom stereocenters. The molecule has 0 bridgehead atoms. The molecule has 3 heteroatoms. The van der Waals surface area contributed by atoms with Crippen molar-refractivity contribution in [3.63, 3.8) is 0 Å². The van der Waals surface area contributed by atoms with Gasteiger partial charge in [0.1, 0.15) is 0 Å². The standard InChI is InChI=1S/C46H31N3/c1-4-16-32(17-5-1)34-20-14-21-35(30-34)44-47-43(33-18-6-2-7-19-33)48-45(49-44)36-22-15-25-38(31-36)46(37-23-8-3-9-24-37)41-28-12-10-26-39(41)40-27-11-13-29-42(40)46/h1-31H. The van der Waals surface area contributed by atoms with Crippen LogP contribution in [0.3, 0.4) is 0 Å². The highest BCUT2D eigenvalue weighted by Crippen LogP contribution is 2.56. The molecule has 9 rings (SSSR count). The third-order valence-corrected chi connectivity index (χ3v) is 9.61. The second-order valence-electron chi connectivity index (χ2n) is 12.4. The van der Waals surface area contributed by atoms with E-state index in [-0.39, 0.29) is 0 Å². The predicted octanol–water partition coefficient (Wildman–Crippen LogP) is 10.9. The Morgan fingerprint density at radius 1 is 0.286 bits per heavy atom. The summed E-state index contributed by atoms with van der Waals surface area (Å²) in [6.45, 7) is 0. The van der Waals surface area contributed by atoms with Crippen molar-refractivity contribution < 1.29 is 0 Å². The molecule has 0 spiro atoms. The Kier molecular flexibility index (Phi) is 7.02. The van der Waals surface area contributed by atoms with Gasteiger partial charge >= 0.3 is 0 Å². The minimum atomic E-state index is -0.507. The second kappa shape index (κ2) is 12.0. The fourth-order valence-electron chi connectivity index (χ4n) is 7.42. The first-order valence-electron chi connectivity index (χ1n) is 16.6. The van der Waals surface area contributed by atoms with Gasteiger partial charge < -0.3 is 0 Å². The molecule has 49 heavy (non-hydrogen) atoms. The van der Waals surface area contributed by atoms with Crippen LogP contribution in [0.1, 0.15) is 22.3 Å². The van der Waals surface area contributed by atoms with E-state index >= 15 is 0 Å². The molecule has 0 radical (unpaired) electrons. The molecule has 0 saturated carbocycles. The van der Waals surface area contributed by atoms with Gasteiger partial charge in [-0.1, -0.05) is 176 Å². The van der Waals surface area contributed by atoms with E-state index in [2.05, 4.69) is 164 Å². The number of nitrogens with zero attached hydrogens (tertiary/aromatic N) is 3. The van der Waals surface area contributed by atoms with Gasteiger partial charge in [0.05, 0.1) is 5.41 Å². The predicted molar refractivity (Wildman–Crippen MR) is 199 cm³/mol. The molecule has 0 aliphatic heterocycles. The molecule has 230 valence electrons. The van der Waals surface area contributed by atoms with E-state index in [1.165, 1.54) is 33.4 Å². The Bertz CT molecular complexity index is 2390. The zero-order chi connectivity index (χ0) is 32.6. The first-order valence-corrected chi connectivity index (χ1v) is 16.6. The van der Waals surface area contributed by atoms with Crippen LogP contribution in [0.15, 0.2) is 188 Å². The van der Waals surface area contributed by atoms with Crippen molar-refractivity contribution in [3.05, 3.63) is 210 Å². The number of benzene rings is 7. The molecule has 0 amide bonds. The molecule has 3 nitrogen and oxygen atoms in total. The zero-order valence-electron chi connectivity index (χ0n) is 26.7. The van der Waals surface area contributed by atoms with Crippen molar-refractivity contribution in [3.8, 4) is 56.4 Å². The van der Waals surface area contributed by atoms with E-state index in [0.29, 0.717) is 17.5 Å². The number of aromatic nitrogens is 3. The highest BCUT2D eigenvalue weighted by atomic mass is 15.0. The van der Waals surface area contributed by atoms with Gasteiger partial charge in [0.15, 0.2) is 17.5 Å². The summed E-state index contributed by atoms with van der Waals surface area (Å²) < 4.78 is 0. The number of rotatable bonds is 6. The van der Waals surface area contributed by atoms with Crippen molar-refractivity contribution in [2.24, 2.45) is 0 Å². The maximum atomic E-state index is 5.16. The lowest BCUT2D eigenvalue weighted by Gasteiger charge is -2.34. The van der Waals surface area contributed by atoms with Gasteiger partial charge in [0.25, 0.3) is 0 Å². The van der Waals surface area contributed by atoms with E-state index < -0.39 is 5.41 Å². The highest BCUT2D eigenvalue weighted by molar-refractivity contribution is 5.86. The second-order valence-corrected chi connectivity index (χ2v) is 12.4. The summed E-state index contributed by atoms with van der Waals surface area (Å²) in [4.78, 5) is 15.3. The van der Waals surface area contributed by atoms with Crippen molar-refractivity contribution in [2.45, 2.75) is 5.41 Å². The maximum absolute atomic E-state index is 5.16. The van der Waals surface area contributed by atoms with Crippen LogP contribution in [0.2, 0.25) is 0 Å². The molecule has 0 N–H and O–H groups in total. The van der Waals surface area contributed by atoms with Gasteiger partial charge in [0, 0.05) is 16.7 Å². The molecule has 7 aromatic carbocycles. The van der Waals surface area contributed by atoms with Gasteiger partial charge in [-0.15, -0.1) is 0 Å². The van der Waals surface area contributed by atoms with Gasteiger partial charge in [-0.05, 0) is 56.6 Å². The Morgan fingerprint density at radius 2 is 0.694 bits per heavy atom. The van der Waals surface area contributed by atoms with Crippen LogP contribution in [-0.4, -0.2) is 15.0 Å². The Hall–Kier alpha value is -6.45. The monoisotopic (exact) mass is 625 g/mol. The smallest absolute Gasteiger partial charge is 0.164 e. The summed E-state index contributed by atoms with van der Waals surface area (Å²) in [6.07, 6.45) is 0. The van der Waals surface area contributed by atoms with E-state index in [9.17, 15) is 0 Å². The Balaban J connectivity index is 1.26. The van der Waals surface area contributed by atoms with Gasteiger partial charge in [-0.25, -0.2) is 15.0 Å². The summed E-state index contributed by atoms with van der Waals surface area (Å²) in [5.41, 5.74) is 12.1. The van der Waals surface area contributed by atoms with Crippen LogP contribution in [0.25, 0.3) is 56.4 Å². The molecule has 1 heterocycles. The maximum Gasteiger partial charge on any atom is 0.164 e. The minimum absolute atomic E-state index is 0.507. The lowest BCUT2D eigenvalue weighted by atomic mass is 9.67. The fraction of sp³-hybridized carbons (Fsp3) is 0.0217. The fourth-order valence-corrected chi connectivity index (χ4v) is 7.42. The third kappa shape index (κ3) is 4.87. The molecule has 1 aliphatic carbocycles. The van der Waals surface area contributed by atoms with Gasteiger partial charge in [-0.2, -0.15) is 0 Å². The first-order chi connectivity index (χ1) is 24.3.